The summed E-state index contributed by atoms with van der Waals surface area (Å²) in [6.45, 7) is 2.62. The lowest BCUT2D eigenvalue weighted by molar-refractivity contribution is 0.226. The summed E-state index contributed by atoms with van der Waals surface area (Å²) in [6, 6.07) is -0.0468. The topological polar surface area (TPSA) is 52.2 Å². The van der Waals surface area contributed by atoms with E-state index >= 15 is 0 Å². The van der Waals surface area contributed by atoms with Crippen molar-refractivity contribution in [1.82, 2.24) is 14.9 Å². The maximum Gasteiger partial charge on any atom is 0.329 e. The maximum absolute atomic E-state index is 12.3. The summed E-state index contributed by atoms with van der Waals surface area (Å²) >= 11 is 0. The first-order valence-corrected chi connectivity index (χ1v) is 6.01. The van der Waals surface area contributed by atoms with Gasteiger partial charge in [-0.15, -0.1) is 6.42 Å². The van der Waals surface area contributed by atoms with Crippen molar-refractivity contribution in [3.8, 4) is 12.3 Å². The number of terminal acetylenes is 1. The van der Waals surface area contributed by atoms with E-state index in [9.17, 15) is 4.79 Å². The molecule has 1 aromatic heterocycles. The van der Waals surface area contributed by atoms with Gasteiger partial charge in [-0.1, -0.05) is 0 Å². The smallest absolute Gasteiger partial charge is 0.328 e. The second-order valence-electron chi connectivity index (χ2n) is 4.47. The van der Waals surface area contributed by atoms with E-state index in [1.165, 1.54) is 5.57 Å². The van der Waals surface area contributed by atoms with Crippen molar-refractivity contribution in [3.63, 3.8) is 0 Å². The number of allylic oxidation sites excluding steroid dienone is 1. The molecule has 1 aromatic rings. The number of anilines is 1. The number of nitrogens with one attached hydrogen (secondary N) is 1. The number of fused-ring (bicyclic) bond motifs is 1. The number of carbonyl (C=O) groups is 1. The molecule has 2 aliphatic rings. The number of imidazole rings is 1. The van der Waals surface area contributed by atoms with Gasteiger partial charge in [-0.05, 0) is 31.3 Å². The number of hydrogen-bond donors (Lipinski definition) is 1. The second-order valence-corrected chi connectivity index (χ2v) is 4.47. The standard InChI is InChI=1S/C13H14N4O/c1-4-9-14-10-11(8-6-7-8)17(5-2)13(18)16(3)12(10)15-9/h1H,5-7H2,2-3H3,(H,14,15). The van der Waals surface area contributed by atoms with Gasteiger partial charge in [-0.2, -0.15) is 0 Å². The summed E-state index contributed by atoms with van der Waals surface area (Å²) in [5, 5.41) is 0. The Morgan fingerprint density at radius 3 is 2.78 bits per heavy atom. The number of amides is 2. The first-order chi connectivity index (χ1) is 8.67. The molecule has 1 N–H and O–H groups in total. The van der Waals surface area contributed by atoms with Crippen LogP contribution in [0.15, 0.2) is 5.57 Å². The van der Waals surface area contributed by atoms with Gasteiger partial charge in [0.25, 0.3) is 0 Å². The van der Waals surface area contributed by atoms with Gasteiger partial charge in [0.05, 0.1) is 5.70 Å². The lowest BCUT2D eigenvalue weighted by atomic mass is 10.2. The van der Waals surface area contributed by atoms with Crippen molar-refractivity contribution < 1.29 is 4.79 Å². The van der Waals surface area contributed by atoms with Gasteiger partial charge in [0.2, 0.25) is 0 Å². The van der Waals surface area contributed by atoms with Crippen molar-refractivity contribution in [2.45, 2.75) is 19.8 Å². The second kappa shape index (κ2) is 3.64. The van der Waals surface area contributed by atoms with Crippen molar-refractivity contribution in [1.29, 1.82) is 0 Å². The van der Waals surface area contributed by atoms with E-state index in [2.05, 4.69) is 15.9 Å². The molecule has 0 atom stereocenters. The van der Waals surface area contributed by atoms with Crippen LogP contribution in [-0.2, 0) is 0 Å². The highest BCUT2D eigenvalue weighted by Crippen LogP contribution is 2.43. The molecule has 1 saturated carbocycles. The lowest BCUT2D eigenvalue weighted by Crippen LogP contribution is -2.44. The fraction of sp³-hybridized carbons (Fsp3) is 0.385. The molecule has 0 bridgehead atoms. The summed E-state index contributed by atoms with van der Waals surface area (Å²) in [5.74, 6) is 3.59. The molecule has 5 heteroatoms. The van der Waals surface area contributed by atoms with Gasteiger partial charge < -0.3 is 4.98 Å². The van der Waals surface area contributed by atoms with E-state index in [1.807, 2.05) is 6.92 Å². The Bertz CT molecular complexity index is 599. The van der Waals surface area contributed by atoms with Crippen LogP contribution >= 0.6 is 0 Å². The summed E-state index contributed by atoms with van der Waals surface area (Å²) in [6.07, 6.45) is 7.47. The van der Waals surface area contributed by atoms with Crippen LogP contribution in [0.5, 0.6) is 0 Å². The number of carbonyl (C=O) groups excluding carboxylic acids is 1. The van der Waals surface area contributed by atoms with Gasteiger partial charge in [0.15, 0.2) is 11.6 Å². The molecule has 0 spiro atoms. The highest BCUT2D eigenvalue weighted by atomic mass is 16.2. The number of hydrogen-bond acceptors (Lipinski definition) is 2. The van der Waals surface area contributed by atoms with Crippen LogP contribution in [-0.4, -0.2) is 34.5 Å². The molecule has 3 rings (SSSR count). The number of aromatic amines is 1. The summed E-state index contributed by atoms with van der Waals surface area (Å²) < 4.78 is 0. The van der Waals surface area contributed by atoms with Crippen LogP contribution in [0, 0.1) is 12.3 Å². The molecule has 0 aromatic carbocycles. The molecular formula is C13H14N4O. The van der Waals surface area contributed by atoms with Crippen LogP contribution in [0.2, 0.25) is 0 Å². The number of urea groups is 1. The molecule has 92 valence electrons. The van der Waals surface area contributed by atoms with Crippen molar-refractivity contribution in [2.24, 2.45) is 0 Å². The van der Waals surface area contributed by atoms with Gasteiger partial charge in [0, 0.05) is 13.6 Å². The first-order valence-electron chi connectivity index (χ1n) is 6.01. The normalized spacial score (nSPS) is 17.9. The molecule has 1 aliphatic carbocycles. The van der Waals surface area contributed by atoms with Gasteiger partial charge in [-0.25, -0.2) is 9.78 Å². The van der Waals surface area contributed by atoms with Crippen LogP contribution < -0.4 is 4.90 Å². The molecule has 5 nitrogen and oxygen atoms in total. The summed E-state index contributed by atoms with van der Waals surface area (Å²) in [7, 11) is 1.72. The third-order valence-electron chi connectivity index (χ3n) is 3.31. The van der Waals surface area contributed by atoms with Crippen molar-refractivity contribution in [2.75, 3.05) is 18.5 Å². The van der Waals surface area contributed by atoms with Gasteiger partial charge in [-0.3, -0.25) is 9.80 Å². The average Bonchev–Trinajstić information content (AvgIpc) is 3.11. The zero-order valence-electron chi connectivity index (χ0n) is 10.4. The minimum Gasteiger partial charge on any atom is -0.328 e. The highest BCUT2D eigenvalue weighted by Gasteiger charge is 2.37. The van der Waals surface area contributed by atoms with Crippen molar-refractivity contribution >= 4 is 17.5 Å². The molecule has 0 radical (unpaired) electrons. The Morgan fingerprint density at radius 1 is 1.50 bits per heavy atom. The fourth-order valence-electron chi connectivity index (χ4n) is 2.30. The Labute approximate surface area is 105 Å². The fourth-order valence-corrected chi connectivity index (χ4v) is 2.30. The Hall–Kier alpha value is -2.22. The van der Waals surface area contributed by atoms with Crippen LogP contribution in [0.1, 0.15) is 31.3 Å². The molecule has 2 amide bonds. The Morgan fingerprint density at radius 2 is 2.22 bits per heavy atom. The molecule has 1 aliphatic heterocycles. The first kappa shape index (κ1) is 10.9. The van der Waals surface area contributed by atoms with Gasteiger partial charge >= 0.3 is 6.03 Å². The molecular weight excluding hydrogens is 228 g/mol. The van der Waals surface area contributed by atoms with E-state index in [0.717, 1.165) is 24.2 Å². The third-order valence-corrected chi connectivity index (χ3v) is 3.31. The Kier molecular flexibility index (Phi) is 2.20. The largest absolute Gasteiger partial charge is 0.329 e. The molecule has 0 saturated heterocycles. The lowest BCUT2D eigenvalue weighted by Gasteiger charge is -2.33. The van der Waals surface area contributed by atoms with Crippen molar-refractivity contribution in [3.05, 3.63) is 17.1 Å². The number of nitrogens with zero attached hydrogens (tertiary/aromatic N) is 3. The van der Waals surface area contributed by atoms with E-state index in [1.54, 1.807) is 16.8 Å². The van der Waals surface area contributed by atoms with E-state index in [0.29, 0.717) is 18.2 Å². The predicted molar refractivity (Wildman–Crippen MR) is 68.9 cm³/mol. The molecule has 0 unspecified atom stereocenters. The van der Waals surface area contributed by atoms with Gasteiger partial charge in [0.1, 0.15) is 5.69 Å². The van der Waals surface area contributed by atoms with Crippen LogP contribution in [0.25, 0.3) is 5.70 Å². The minimum atomic E-state index is -0.0468. The number of H-pyrrole nitrogens is 1. The number of rotatable bonds is 1. The van der Waals surface area contributed by atoms with Crippen LogP contribution in [0.4, 0.5) is 10.6 Å². The predicted octanol–water partition coefficient (Wildman–Crippen LogP) is 1.79. The summed E-state index contributed by atoms with van der Waals surface area (Å²) in [5.41, 5.74) is 3.15. The zero-order valence-corrected chi connectivity index (χ0v) is 10.4. The summed E-state index contributed by atoms with van der Waals surface area (Å²) in [4.78, 5) is 23.0. The van der Waals surface area contributed by atoms with E-state index < -0.39 is 0 Å². The minimum absolute atomic E-state index is 0.0468. The molecule has 1 fully saturated rings. The quantitative estimate of drug-likeness (QED) is 0.763. The SMILES string of the molecule is C#Cc1nc2c([nH]1)C(=C1CC1)N(CC)C(=O)N2C. The molecule has 18 heavy (non-hydrogen) atoms. The zero-order chi connectivity index (χ0) is 12.9. The maximum atomic E-state index is 12.3. The Balaban J connectivity index is 2.23. The third kappa shape index (κ3) is 1.35. The van der Waals surface area contributed by atoms with Crippen LogP contribution in [0.3, 0.4) is 0 Å². The highest BCUT2D eigenvalue weighted by molar-refractivity contribution is 6.03. The average molecular weight is 242 g/mol. The van der Waals surface area contributed by atoms with E-state index in [-0.39, 0.29) is 6.03 Å². The number of aromatic nitrogens is 2. The molecule has 2 heterocycles. The monoisotopic (exact) mass is 242 g/mol. The van der Waals surface area contributed by atoms with E-state index in [4.69, 9.17) is 6.42 Å².